The molecule has 2 aromatic rings. The maximum Gasteiger partial charge on any atom is 0.247 e. The van der Waals surface area contributed by atoms with Crippen molar-refractivity contribution in [2.75, 3.05) is 32.8 Å². The molecule has 1 aromatic heterocycles. The van der Waals surface area contributed by atoms with Crippen LogP contribution in [0.4, 0.5) is 0 Å². The number of hydrogen-bond donors (Lipinski definition) is 0. The predicted octanol–water partition coefficient (Wildman–Crippen LogP) is 4.77. The van der Waals surface area contributed by atoms with Gasteiger partial charge in [-0.3, -0.25) is 4.90 Å². The molecule has 0 bridgehead atoms. The Morgan fingerprint density at radius 2 is 1.80 bits per heavy atom. The Morgan fingerprint density at radius 3 is 2.50 bits per heavy atom. The van der Waals surface area contributed by atoms with Crippen LogP contribution in [0.2, 0.25) is 0 Å². The Balaban J connectivity index is 1.45. The minimum atomic E-state index is 0.477. The first kappa shape index (κ1) is 21.3. The zero-order valence-electron chi connectivity index (χ0n) is 18.8. The van der Waals surface area contributed by atoms with Crippen molar-refractivity contribution in [3.05, 3.63) is 47.4 Å². The molecule has 2 heterocycles. The van der Waals surface area contributed by atoms with Gasteiger partial charge in [-0.1, -0.05) is 43.2 Å². The van der Waals surface area contributed by atoms with Gasteiger partial charge in [-0.2, -0.15) is 0 Å². The van der Waals surface area contributed by atoms with Crippen molar-refractivity contribution >= 4 is 0 Å². The highest BCUT2D eigenvalue weighted by Crippen LogP contribution is 2.39. The number of nitrogens with zero attached hydrogens (tertiary/aromatic N) is 3. The minimum Gasteiger partial charge on any atom is -0.421 e. The van der Waals surface area contributed by atoms with E-state index in [0.29, 0.717) is 29.6 Å². The van der Waals surface area contributed by atoms with E-state index in [-0.39, 0.29) is 0 Å². The second kappa shape index (κ2) is 9.44. The summed E-state index contributed by atoms with van der Waals surface area (Å²) in [5.41, 5.74) is 3.69. The SMILES string of the molecule is CC1=C[C@@H](CN2CCOCC2)[C@H](C(C)C)C[C@@H]1Cc1nnc(-c2ccc(C)cc2)o1. The van der Waals surface area contributed by atoms with Gasteiger partial charge in [0.1, 0.15) is 0 Å². The zero-order valence-corrected chi connectivity index (χ0v) is 18.8. The molecule has 4 rings (SSSR count). The number of hydrogen-bond acceptors (Lipinski definition) is 5. The van der Waals surface area contributed by atoms with E-state index in [0.717, 1.165) is 50.7 Å². The molecule has 0 saturated carbocycles. The molecule has 162 valence electrons. The highest BCUT2D eigenvalue weighted by atomic mass is 16.5. The summed E-state index contributed by atoms with van der Waals surface area (Å²) in [7, 11) is 0. The van der Waals surface area contributed by atoms with Crippen LogP contribution >= 0.6 is 0 Å². The maximum absolute atomic E-state index is 6.03. The topological polar surface area (TPSA) is 51.4 Å². The molecule has 1 saturated heterocycles. The Labute approximate surface area is 180 Å². The van der Waals surface area contributed by atoms with Crippen LogP contribution in [-0.2, 0) is 11.2 Å². The molecule has 0 N–H and O–H groups in total. The van der Waals surface area contributed by atoms with Crippen molar-refractivity contribution < 1.29 is 9.15 Å². The van der Waals surface area contributed by atoms with E-state index < -0.39 is 0 Å². The van der Waals surface area contributed by atoms with E-state index in [2.05, 4.69) is 61.0 Å². The van der Waals surface area contributed by atoms with Gasteiger partial charge in [0.2, 0.25) is 11.8 Å². The largest absolute Gasteiger partial charge is 0.421 e. The van der Waals surface area contributed by atoms with Gasteiger partial charge in [0.15, 0.2) is 0 Å². The zero-order chi connectivity index (χ0) is 21.1. The van der Waals surface area contributed by atoms with Gasteiger partial charge >= 0.3 is 0 Å². The van der Waals surface area contributed by atoms with Gasteiger partial charge in [0, 0.05) is 31.6 Å². The van der Waals surface area contributed by atoms with E-state index >= 15 is 0 Å². The first-order chi connectivity index (χ1) is 14.5. The summed E-state index contributed by atoms with van der Waals surface area (Å²) in [5, 5.41) is 8.66. The van der Waals surface area contributed by atoms with Gasteiger partial charge < -0.3 is 9.15 Å². The second-order valence-electron chi connectivity index (χ2n) is 9.40. The first-order valence-electron chi connectivity index (χ1n) is 11.4. The molecule has 3 atom stereocenters. The molecular weight excluding hydrogens is 374 g/mol. The van der Waals surface area contributed by atoms with Crippen LogP contribution in [0.5, 0.6) is 0 Å². The summed E-state index contributed by atoms with van der Waals surface area (Å²) in [5.74, 6) is 3.80. The third-order valence-corrected chi connectivity index (χ3v) is 6.84. The van der Waals surface area contributed by atoms with Crippen molar-refractivity contribution in [2.45, 2.75) is 40.5 Å². The van der Waals surface area contributed by atoms with E-state index in [9.17, 15) is 0 Å². The maximum atomic E-state index is 6.03. The fourth-order valence-corrected chi connectivity index (χ4v) is 4.93. The van der Waals surface area contributed by atoms with E-state index in [1.807, 2.05) is 12.1 Å². The van der Waals surface area contributed by atoms with Crippen molar-refractivity contribution in [1.82, 2.24) is 15.1 Å². The van der Waals surface area contributed by atoms with Gasteiger partial charge in [-0.05, 0) is 56.1 Å². The van der Waals surface area contributed by atoms with Gasteiger partial charge in [0.05, 0.1) is 13.2 Å². The third kappa shape index (κ3) is 5.01. The molecule has 1 aliphatic heterocycles. The molecular formula is C25H35N3O2. The molecule has 1 aromatic carbocycles. The van der Waals surface area contributed by atoms with Crippen LogP contribution in [0.3, 0.4) is 0 Å². The number of morpholine rings is 1. The second-order valence-corrected chi connectivity index (χ2v) is 9.40. The average Bonchev–Trinajstić information content (AvgIpc) is 3.19. The molecule has 0 unspecified atom stereocenters. The summed E-state index contributed by atoms with van der Waals surface area (Å²) >= 11 is 0. The van der Waals surface area contributed by atoms with Crippen LogP contribution in [0, 0.1) is 30.6 Å². The summed E-state index contributed by atoms with van der Waals surface area (Å²) in [4.78, 5) is 2.57. The number of allylic oxidation sites excluding steroid dienone is 1. The van der Waals surface area contributed by atoms with Crippen molar-refractivity contribution in [2.24, 2.45) is 23.7 Å². The third-order valence-electron chi connectivity index (χ3n) is 6.84. The molecule has 5 nitrogen and oxygen atoms in total. The van der Waals surface area contributed by atoms with Crippen molar-refractivity contribution in [3.8, 4) is 11.5 Å². The number of rotatable bonds is 6. The number of aromatic nitrogens is 2. The molecule has 0 amide bonds. The Kier molecular flexibility index (Phi) is 6.69. The lowest BCUT2D eigenvalue weighted by Crippen LogP contribution is -2.42. The Morgan fingerprint density at radius 1 is 1.07 bits per heavy atom. The van der Waals surface area contributed by atoms with Gasteiger partial charge in [0.25, 0.3) is 0 Å². The summed E-state index contributed by atoms with van der Waals surface area (Å²) in [6, 6.07) is 8.25. The Bertz CT molecular complexity index is 850. The number of aryl methyl sites for hydroxylation is 1. The number of benzene rings is 1. The lowest BCUT2D eigenvalue weighted by molar-refractivity contribution is 0.0256. The molecule has 1 fully saturated rings. The minimum absolute atomic E-state index is 0.477. The van der Waals surface area contributed by atoms with Crippen LogP contribution < -0.4 is 0 Å². The normalized spacial score (nSPS) is 25.5. The highest BCUT2D eigenvalue weighted by molar-refractivity contribution is 5.52. The molecule has 30 heavy (non-hydrogen) atoms. The van der Waals surface area contributed by atoms with Crippen LogP contribution in [-0.4, -0.2) is 47.9 Å². The molecule has 0 spiro atoms. The average molecular weight is 410 g/mol. The van der Waals surface area contributed by atoms with Crippen molar-refractivity contribution in [3.63, 3.8) is 0 Å². The standard InChI is InChI=1S/C25H35N3O2/c1-17(2)23-14-21(19(4)13-22(23)16-28-9-11-29-12-10-28)15-24-26-27-25(30-24)20-7-5-18(3)6-8-20/h5-8,13,17,21-23H,9-12,14-16H2,1-4H3/t21-,22+,23+/m1/s1. The Hall–Kier alpha value is -1.98. The lowest BCUT2D eigenvalue weighted by Gasteiger charge is -2.40. The summed E-state index contributed by atoms with van der Waals surface area (Å²) in [6.45, 7) is 14.1. The highest BCUT2D eigenvalue weighted by Gasteiger charge is 2.33. The van der Waals surface area contributed by atoms with Crippen molar-refractivity contribution in [1.29, 1.82) is 0 Å². The monoisotopic (exact) mass is 409 g/mol. The van der Waals surface area contributed by atoms with E-state index in [4.69, 9.17) is 9.15 Å². The fraction of sp³-hybridized carbons (Fsp3) is 0.600. The molecule has 1 aliphatic carbocycles. The molecule has 2 aliphatic rings. The quantitative estimate of drug-likeness (QED) is 0.643. The van der Waals surface area contributed by atoms with Crippen LogP contribution in [0.15, 0.2) is 40.3 Å². The smallest absolute Gasteiger partial charge is 0.247 e. The molecule has 0 radical (unpaired) electrons. The van der Waals surface area contributed by atoms with E-state index in [1.165, 1.54) is 17.6 Å². The first-order valence-corrected chi connectivity index (χ1v) is 11.4. The molecule has 5 heteroatoms. The van der Waals surface area contributed by atoms with Crippen LogP contribution in [0.25, 0.3) is 11.5 Å². The summed E-state index contributed by atoms with van der Waals surface area (Å²) in [6.07, 6.45) is 4.55. The van der Waals surface area contributed by atoms with Gasteiger partial charge in [-0.25, -0.2) is 0 Å². The fourth-order valence-electron chi connectivity index (χ4n) is 4.93. The predicted molar refractivity (Wildman–Crippen MR) is 119 cm³/mol. The van der Waals surface area contributed by atoms with Gasteiger partial charge in [-0.15, -0.1) is 10.2 Å². The lowest BCUT2D eigenvalue weighted by atomic mass is 9.69. The summed E-state index contributed by atoms with van der Waals surface area (Å²) < 4.78 is 11.6. The van der Waals surface area contributed by atoms with Crippen LogP contribution in [0.1, 0.15) is 38.6 Å². The number of ether oxygens (including phenoxy) is 1. The van der Waals surface area contributed by atoms with E-state index in [1.54, 1.807) is 0 Å².